The van der Waals surface area contributed by atoms with Gasteiger partial charge in [0.25, 0.3) is 0 Å². The van der Waals surface area contributed by atoms with Crippen molar-refractivity contribution in [2.75, 3.05) is 36.5 Å². The summed E-state index contributed by atoms with van der Waals surface area (Å²) in [6, 6.07) is 6.74. The number of nitrogens with zero attached hydrogens (tertiary/aromatic N) is 4. The fourth-order valence-electron chi connectivity index (χ4n) is 5.24. The molecule has 2 aliphatic heterocycles. The van der Waals surface area contributed by atoms with Gasteiger partial charge in [-0.05, 0) is 63.1 Å². The molecule has 1 unspecified atom stereocenters. The molecule has 1 aliphatic carbocycles. The van der Waals surface area contributed by atoms with Crippen LogP contribution in [0.15, 0.2) is 30.5 Å². The third-order valence-electron chi connectivity index (χ3n) is 7.99. The lowest BCUT2D eigenvalue weighted by Crippen LogP contribution is -2.52. The molecule has 0 radical (unpaired) electrons. The molecule has 9 nitrogen and oxygen atoms in total. The fraction of sp³-hybridized carbons (Fsp3) is 0.577. The monoisotopic (exact) mass is 498 g/mol. The van der Waals surface area contributed by atoms with E-state index in [4.69, 9.17) is 10.5 Å². The van der Waals surface area contributed by atoms with E-state index in [1.807, 2.05) is 26.0 Å². The molecule has 2 atom stereocenters. The Bertz CT molecular complexity index is 1120. The number of halogens is 1. The lowest BCUT2D eigenvalue weighted by atomic mass is 9.89. The van der Waals surface area contributed by atoms with Crippen LogP contribution in [0, 0.1) is 11.7 Å². The largest absolute Gasteiger partial charge is 0.447 e. The predicted octanol–water partition coefficient (Wildman–Crippen LogP) is 3.20. The normalized spacial score (nSPS) is 25.0. The molecular formula is C26H35FN6O3. The fourth-order valence-corrected chi connectivity index (χ4v) is 5.24. The van der Waals surface area contributed by atoms with Crippen molar-refractivity contribution < 1.29 is 19.0 Å². The molecule has 2 saturated heterocycles. The minimum absolute atomic E-state index is 0.0244. The average Bonchev–Trinajstić information content (AvgIpc) is 3.68. The van der Waals surface area contributed by atoms with Crippen LogP contribution in [0.2, 0.25) is 0 Å². The number of hydrogen-bond acceptors (Lipinski definition) is 8. The van der Waals surface area contributed by atoms with Crippen molar-refractivity contribution in [3.63, 3.8) is 0 Å². The Morgan fingerprint density at radius 1 is 1.31 bits per heavy atom. The van der Waals surface area contributed by atoms with E-state index in [2.05, 4.69) is 20.2 Å². The van der Waals surface area contributed by atoms with Gasteiger partial charge in [0.05, 0.1) is 18.2 Å². The van der Waals surface area contributed by atoms with Crippen LogP contribution in [-0.2, 0) is 11.3 Å². The maximum absolute atomic E-state index is 15.0. The number of piperidine rings is 1. The minimum atomic E-state index is -0.523. The van der Waals surface area contributed by atoms with Gasteiger partial charge in [0.1, 0.15) is 18.2 Å². The number of nitrogens with one attached hydrogen (secondary N) is 1. The molecule has 5 rings (SSSR count). The summed E-state index contributed by atoms with van der Waals surface area (Å²) in [7, 11) is 0. The maximum Gasteiger partial charge on any atom is 0.416 e. The Kier molecular flexibility index (Phi) is 6.61. The highest BCUT2D eigenvalue weighted by Gasteiger charge is 2.54. The number of aromatic nitrogens is 2. The van der Waals surface area contributed by atoms with E-state index in [0.717, 1.165) is 31.5 Å². The highest BCUT2D eigenvalue weighted by atomic mass is 19.1. The Balaban J connectivity index is 1.24. The lowest BCUT2D eigenvalue weighted by molar-refractivity contribution is 0.102. The Hall–Kier alpha value is -2.82. The van der Waals surface area contributed by atoms with Crippen molar-refractivity contribution in [2.24, 2.45) is 11.7 Å². The zero-order valence-corrected chi connectivity index (χ0v) is 20.9. The van der Waals surface area contributed by atoms with Crippen LogP contribution in [0.25, 0.3) is 0 Å². The summed E-state index contributed by atoms with van der Waals surface area (Å²) in [5.41, 5.74) is 6.63. The van der Waals surface area contributed by atoms with Crippen molar-refractivity contribution in [3.8, 4) is 0 Å². The van der Waals surface area contributed by atoms with Crippen molar-refractivity contribution in [1.82, 2.24) is 14.9 Å². The van der Waals surface area contributed by atoms with Crippen LogP contribution >= 0.6 is 0 Å². The van der Waals surface area contributed by atoms with E-state index in [1.165, 1.54) is 0 Å². The second-order valence-corrected chi connectivity index (χ2v) is 10.8. The van der Waals surface area contributed by atoms with Gasteiger partial charge in [0.2, 0.25) is 5.95 Å². The molecule has 3 heterocycles. The standard InChI is InChI=1S/C26H35FN6O3/c1-17(18-3-4-19(21(27)13-18)14-32-11-8-26(28,15-34)9-12-32)30-23-29-10-7-22(31-23)33-24(35)36-16-25(33,2)20-5-6-20/h3-4,7,10,13,17,20,34H,5-6,8-9,11-12,14-16,28H2,1-2H3,(H,29,30,31)/t17-,25?/m0/s1. The second-order valence-electron chi connectivity index (χ2n) is 10.8. The first-order valence-corrected chi connectivity index (χ1v) is 12.7. The number of benzene rings is 1. The van der Waals surface area contributed by atoms with Crippen molar-refractivity contribution in [2.45, 2.75) is 63.2 Å². The van der Waals surface area contributed by atoms with E-state index in [1.54, 1.807) is 23.2 Å². The molecule has 0 spiro atoms. The summed E-state index contributed by atoms with van der Waals surface area (Å²) >= 11 is 0. The van der Waals surface area contributed by atoms with Gasteiger partial charge in [0.15, 0.2) is 0 Å². The van der Waals surface area contributed by atoms with Crippen LogP contribution in [-0.4, -0.2) is 63.4 Å². The van der Waals surface area contributed by atoms with E-state index in [0.29, 0.717) is 49.2 Å². The van der Waals surface area contributed by atoms with Gasteiger partial charge in [-0.2, -0.15) is 4.98 Å². The maximum atomic E-state index is 15.0. The molecule has 3 aliphatic rings. The average molecular weight is 499 g/mol. The molecule has 1 amide bonds. The molecule has 2 aromatic rings. The molecule has 10 heteroatoms. The van der Waals surface area contributed by atoms with Crippen molar-refractivity contribution >= 4 is 17.9 Å². The number of anilines is 2. The lowest BCUT2D eigenvalue weighted by Gasteiger charge is -2.38. The van der Waals surface area contributed by atoms with Crippen LogP contribution in [0.1, 0.15) is 56.7 Å². The van der Waals surface area contributed by atoms with Crippen LogP contribution in [0.5, 0.6) is 0 Å². The minimum Gasteiger partial charge on any atom is -0.447 e. The number of carbonyl (C=O) groups is 1. The first-order chi connectivity index (χ1) is 17.2. The zero-order valence-electron chi connectivity index (χ0n) is 20.9. The Labute approximate surface area is 210 Å². The summed E-state index contributed by atoms with van der Waals surface area (Å²) < 4.78 is 20.4. The third kappa shape index (κ3) is 4.89. The molecule has 4 N–H and O–H groups in total. The van der Waals surface area contributed by atoms with Gasteiger partial charge < -0.3 is 20.9 Å². The third-order valence-corrected chi connectivity index (χ3v) is 7.99. The number of carbonyl (C=O) groups excluding carboxylic acids is 1. The summed E-state index contributed by atoms with van der Waals surface area (Å²) in [5, 5.41) is 12.7. The summed E-state index contributed by atoms with van der Waals surface area (Å²) in [4.78, 5) is 25.2. The molecular weight excluding hydrogens is 463 g/mol. The number of nitrogens with two attached hydrogens (primary N) is 1. The summed E-state index contributed by atoms with van der Waals surface area (Å²) in [5.74, 6) is 1.02. The number of aliphatic hydroxyl groups is 1. The van der Waals surface area contributed by atoms with Crippen molar-refractivity contribution in [3.05, 3.63) is 47.4 Å². The number of rotatable bonds is 8. The number of aliphatic hydroxyl groups excluding tert-OH is 1. The summed E-state index contributed by atoms with van der Waals surface area (Å²) in [6.45, 7) is 6.26. The molecule has 36 heavy (non-hydrogen) atoms. The quantitative estimate of drug-likeness (QED) is 0.508. The van der Waals surface area contributed by atoms with Crippen LogP contribution < -0.4 is 16.0 Å². The smallest absolute Gasteiger partial charge is 0.416 e. The molecule has 3 fully saturated rings. The second kappa shape index (κ2) is 9.57. The number of cyclic esters (lactones) is 1. The topological polar surface area (TPSA) is 117 Å². The zero-order chi connectivity index (χ0) is 25.5. The van der Waals surface area contributed by atoms with E-state index in [9.17, 15) is 14.3 Å². The van der Waals surface area contributed by atoms with Gasteiger partial charge in [0, 0.05) is 36.9 Å². The first-order valence-electron chi connectivity index (χ1n) is 12.7. The number of amides is 1. The van der Waals surface area contributed by atoms with Gasteiger partial charge in [-0.15, -0.1) is 0 Å². The SMILES string of the molecule is C[C@H](Nc1nccc(N2C(=O)OCC2(C)C2CC2)n1)c1ccc(CN2CCC(N)(CO)CC2)c(F)c1. The van der Waals surface area contributed by atoms with Gasteiger partial charge >= 0.3 is 6.09 Å². The van der Waals surface area contributed by atoms with E-state index >= 15 is 0 Å². The number of likely N-dealkylation sites (tertiary alicyclic amines) is 1. The molecule has 0 bridgehead atoms. The Morgan fingerprint density at radius 3 is 2.72 bits per heavy atom. The first kappa shape index (κ1) is 24.9. The number of ether oxygens (including phenoxy) is 1. The molecule has 1 aromatic carbocycles. The van der Waals surface area contributed by atoms with Gasteiger partial charge in [-0.3, -0.25) is 9.80 Å². The van der Waals surface area contributed by atoms with E-state index in [-0.39, 0.29) is 24.6 Å². The van der Waals surface area contributed by atoms with Gasteiger partial charge in [-0.25, -0.2) is 14.2 Å². The number of hydrogen-bond donors (Lipinski definition) is 3. The molecule has 194 valence electrons. The van der Waals surface area contributed by atoms with Crippen LogP contribution in [0.4, 0.5) is 21.0 Å². The van der Waals surface area contributed by atoms with Crippen LogP contribution in [0.3, 0.4) is 0 Å². The Morgan fingerprint density at radius 2 is 2.06 bits per heavy atom. The molecule has 1 aromatic heterocycles. The highest BCUT2D eigenvalue weighted by molar-refractivity contribution is 5.90. The van der Waals surface area contributed by atoms with Gasteiger partial charge in [-0.1, -0.05) is 12.1 Å². The highest BCUT2D eigenvalue weighted by Crippen LogP contribution is 2.47. The van der Waals surface area contributed by atoms with Crippen molar-refractivity contribution in [1.29, 1.82) is 0 Å². The predicted molar refractivity (Wildman–Crippen MR) is 134 cm³/mol. The van der Waals surface area contributed by atoms with E-state index < -0.39 is 11.1 Å². The molecule has 1 saturated carbocycles. The summed E-state index contributed by atoms with van der Waals surface area (Å²) in [6.07, 6.45) is 4.77.